The third kappa shape index (κ3) is 8.09. The lowest BCUT2D eigenvalue weighted by Gasteiger charge is -2.17. The van der Waals surface area contributed by atoms with Crippen molar-refractivity contribution in [1.82, 2.24) is 4.98 Å². The lowest BCUT2D eigenvalue weighted by atomic mass is 10.1. The second kappa shape index (κ2) is 13.3. The number of hydrogen-bond acceptors (Lipinski definition) is 5. The lowest BCUT2D eigenvalue weighted by Crippen LogP contribution is -2.10. The van der Waals surface area contributed by atoms with E-state index in [4.69, 9.17) is 9.84 Å². The molecule has 4 rings (SSSR count). The molecule has 0 saturated carbocycles. The molecule has 1 aromatic heterocycles. The average Bonchev–Trinajstić information content (AvgIpc) is 3.37. The summed E-state index contributed by atoms with van der Waals surface area (Å²) in [6.45, 7) is -0.421. The molecule has 1 N–H and O–H groups in total. The highest BCUT2D eigenvalue weighted by Crippen LogP contribution is 2.41. The second-order valence-corrected chi connectivity index (χ2v) is 11.2. The molecule has 4 nitrogen and oxygen atoms in total. The second-order valence-electron chi connectivity index (χ2n) is 8.06. The maximum Gasteiger partial charge on any atom is 0.416 e. The van der Waals surface area contributed by atoms with E-state index in [2.05, 4.69) is 20.9 Å². The maximum absolute atomic E-state index is 12.9. The minimum absolute atomic E-state index is 0. The van der Waals surface area contributed by atoms with Gasteiger partial charge in [0, 0.05) is 37.7 Å². The number of ether oxygens (including phenoxy) is 1. The summed E-state index contributed by atoms with van der Waals surface area (Å²) in [7, 11) is 0. The maximum atomic E-state index is 12.9. The average molecular weight is 625 g/mol. The number of hydrogen-bond donors (Lipinski definition) is 1. The van der Waals surface area contributed by atoms with E-state index in [0.717, 1.165) is 32.6 Å². The number of carbonyl (C=O) groups is 1. The van der Waals surface area contributed by atoms with Crippen molar-refractivity contribution < 1.29 is 27.8 Å². The predicted octanol–water partition coefficient (Wildman–Crippen LogP) is 8.91. The summed E-state index contributed by atoms with van der Waals surface area (Å²) < 4.78 is 45.3. The molecule has 0 aliphatic heterocycles. The number of thiazole rings is 1. The number of carboxylic acids is 1. The summed E-state index contributed by atoms with van der Waals surface area (Å²) in [5, 5.41) is 9.63. The number of para-hydroxylation sites is 1. The summed E-state index contributed by atoms with van der Waals surface area (Å²) in [5.74, 6) is 0.0513. The van der Waals surface area contributed by atoms with E-state index in [-0.39, 0.29) is 12.7 Å². The highest BCUT2D eigenvalue weighted by molar-refractivity contribution is 9.10. The predicted molar refractivity (Wildman–Crippen MR) is 151 cm³/mol. The van der Waals surface area contributed by atoms with Crippen LogP contribution in [-0.4, -0.2) is 22.7 Å². The number of rotatable bonds is 10. The molecule has 0 aliphatic carbocycles. The smallest absolute Gasteiger partial charge is 0.416 e. The number of halogens is 4. The molecule has 200 valence electrons. The van der Waals surface area contributed by atoms with Gasteiger partial charge in [-0.3, -0.25) is 0 Å². The molecule has 0 bridgehead atoms. The van der Waals surface area contributed by atoms with E-state index >= 15 is 0 Å². The summed E-state index contributed by atoms with van der Waals surface area (Å²) >= 11 is 6.58. The van der Waals surface area contributed by atoms with Gasteiger partial charge in [0.2, 0.25) is 0 Å². The first-order valence-corrected chi connectivity index (χ1v) is 13.8. The van der Waals surface area contributed by atoms with Crippen LogP contribution in [0.25, 0.3) is 10.6 Å². The van der Waals surface area contributed by atoms with E-state index in [1.54, 1.807) is 30.1 Å². The molecule has 1 heterocycles. The van der Waals surface area contributed by atoms with Gasteiger partial charge in [0.25, 0.3) is 0 Å². The molecule has 4 aromatic rings. The van der Waals surface area contributed by atoms with Gasteiger partial charge in [-0.1, -0.05) is 65.8 Å². The zero-order valence-corrected chi connectivity index (χ0v) is 22.5. The molecule has 1 atom stereocenters. The quantitative estimate of drug-likeness (QED) is 0.191. The minimum Gasteiger partial charge on any atom is -0.482 e. The van der Waals surface area contributed by atoms with Crippen LogP contribution in [0.15, 0.2) is 83.5 Å². The third-order valence-corrected chi connectivity index (χ3v) is 8.54. The molecule has 0 saturated heterocycles. The molecule has 0 radical (unpaired) electrons. The van der Waals surface area contributed by atoms with Gasteiger partial charge in [-0.25, -0.2) is 9.78 Å². The van der Waals surface area contributed by atoms with Gasteiger partial charge < -0.3 is 9.84 Å². The summed E-state index contributed by atoms with van der Waals surface area (Å²) in [6, 6.07) is 20.4. The van der Waals surface area contributed by atoms with E-state index in [9.17, 15) is 18.0 Å². The number of nitrogens with zero attached hydrogens (tertiary/aromatic N) is 1. The Hall–Kier alpha value is -2.82. The van der Waals surface area contributed by atoms with Crippen LogP contribution in [-0.2, 0) is 23.1 Å². The molecule has 38 heavy (non-hydrogen) atoms. The Morgan fingerprint density at radius 1 is 1.05 bits per heavy atom. The van der Waals surface area contributed by atoms with Gasteiger partial charge in [0.15, 0.2) is 6.61 Å². The first-order chi connectivity index (χ1) is 17.7. The molecule has 0 aliphatic rings. The summed E-state index contributed by atoms with van der Waals surface area (Å²) in [4.78, 5) is 16.4. The Balaban J connectivity index is 0.00000400. The summed E-state index contributed by atoms with van der Waals surface area (Å²) in [6.07, 6.45) is -1.89. The topological polar surface area (TPSA) is 59.4 Å². The van der Waals surface area contributed by atoms with Gasteiger partial charge >= 0.3 is 12.1 Å². The Kier molecular flexibility index (Phi) is 10.4. The van der Waals surface area contributed by atoms with Crippen LogP contribution in [0.5, 0.6) is 5.75 Å². The van der Waals surface area contributed by atoms with Gasteiger partial charge in [-0.2, -0.15) is 13.2 Å². The Morgan fingerprint density at radius 2 is 1.74 bits per heavy atom. The number of aromatic nitrogens is 1. The fourth-order valence-corrected chi connectivity index (χ4v) is 6.21. The van der Waals surface area contributed by atoms with E-state index < -0.39 is 24.3 Å². The van der Waals surface area contributed by atoms with Gasteiger partial charge in [-0.05, 0) is 42.3 Å². The number of aliphatic carboxylic acids is 1. The van der Waals surface area contributed by atoms with Gasteiger partial charge in [0.1, 0.15) is 10.8 Å². The highest BCUT2D eigenvalue weighted by Gasteiger charge is 2.30. The van der Waals surface area contributed by atoms with E-state index in [1.807, 2.05) is 36.4 Å². The number of carboxylic acid groups (broad SMARTS) is 1. The van der Waals surface area contributed by atoms with Crippen molar-refractivity contribution >= 4 is 45.0 Å². The molecule has 0 spiro atoms. The molecule has 1 unspecified atom stereocenters. The van der Waals surface area contributed by atoms with Crippen molar-refractivity contribution in [2.75, 3.05) is 6.61 Å². The van der Waals surface area contributed by atoms with Crippen molar-refractivity contribution in [3.8, 4) is 16.3 Å². The van der Waals surface area contributed by atoms with Crippen LogP contribution in [0.4, 0.5) is 13.2 Å². The molecule has 10 heteroatoms. The van der Waals surface area contributed by atoms with E-state index in [1.165, 1.54) is 23.5 Å². The molecule has 0 amide bonds. The third-order valence-electron chi connectivity index (χ3n) is 5.40. The monoisotopic (exact) mass is 623 g/mol. The zero-order chi connectivity index (χ0) is 26.4. The molecule has 0 fully saturated rings. The van der Waals surface area contributed by atoms with Gasteiger partial charge in [0.05, 0.1) is 5.56 Å². The minimum atomic E-state index is -4.39. The Morgan fingerprint density at radius 3 is 2.39 bits per heavy atom. The molecular weight excluding hydrogens is 599 g/mol. The first-order valence-electron chi connectivity index (χ1n) is 11.1. The number of thioether (sulfide) groups is 1. The highest BCUT2D eigenvalue weighted by atomic mass is 79.9. The van der Waals surface area contributed by atoms with Crippen molar-refractivity contribution in [1.29, 1.82) is 0 Å². The van der Waals surface area contributed by atoms with Crippen LogP contribution >= 0.6 is 39.0 Å². The SMILES string of the molecule is C.O=C(O)COc1ccccc1CSC(Cc1ccc(Br)cc1)c1cnc(-c2ccc(C(F)(F)F)cc2)s1. The fourth-order valence-electron chi connectivity index (χ4n) is 3.54. The Labute approximate surface area is 236 Å². The van der Waals surface area contributed by atoms with Gasteiger partial charge in [-0.15, -0.1) is 23.1 Å². The normalized spacial score (nSPS) is 12.0. The van der Waals surface area contributed by atoms with E-state index in [0.29, 0.717) is 28.5 Å². The van der Waals surface area contributed by atoms with Crippen LogP contribution in [0.1, 0.15) is 34.2 Å². The van der Waals surface area contributed by atoms with Crippen molar-refractivity contribution in [3.63, 3.8) is 0 Å². The largest absolute Gasteiger partial charge is 0.482 e. The summed E-state index contributed by atoms with van der Waals surface area (Å²) in [5.41, 5.74) is 1.94. The molecule has 3 aromatic carbocycles. The van der Waals surface area contributed by atoms with Crippen molar-refractivity contribution in [3.05, 3.63) is 105 Å². The van der Waals surface area contributed by atoms with Crippen LogP contribution in [0, 0.1) is 0 Å². The first kappa shape index (κ1) is 29.7. The van der Waals surface area contributed by atoms with Crippen LogP contribution in [0.2, 0.25) is 0 Å². The number of alkyl halides is 3. The standard InChI is InChI=1S/C27H21BrF3NO3S2.CH4/c28-21-11-5-17(6-12-21)13-23(36-16-19-3-1-2-4-22(19)35-15-25(33)34)24-14-32-26(37-24)18-7-9-20(10-8-18)27(29,30)31;/h1-12,14,23H,13,15-16H2,(H,33,34);1H4. The van der Waals surface area contributed by atoms with Crippen molar-refractivity contribution in [2.45, 2.75) is 31.0 Å². The zero-order valence-electron chi connectivity index (χ0n) is 19.2. The van der Waals surface area contributed by atoms with Crippen LogP contribution < -0.4 is 4.74 Å². The van der Waals surface area contributed by atoms with Crippen molar-refractivity contribution in [2.24, 2.45) is 0 Å². The Bertz CT molecular complexity index is 1340. The van der Waals surface area contributed by atoms with Crippen LogP contribution in [0.3, 0.4) is 0 Å². The lowest BCUT2D eigenvalue weighted by molar-refractivity contribution is -0.139. The molecular formula is C28H25BrF3NO3S2. The number of benzene rings is 3. The fraction of sp³-hybridized carbons (Fsp3) is 0.214.